The lowest BCUT2D eigenvalue weighted by Crippen LogP contribution is -2.71. The van der Waals surface area contributed by atoms with Gasteiger partial charge in [-0.15, -0.1) is 11.8 Å². The van der Waals surface area contributed by atoms with E-state index in [0.717, 1.165) is 46.8 Å². The zero-order chi connectivity index (χ0) is 31.5. The Morgan fingerprint density at radius 3 is 2.84 bits per heavy atom. The lowest BCUT2D eigenvalue weighted by atomic mass is 10.0. The molecule has 0 aliphatic carbocycles. The van der Waals surface area contributed by atoms with E-state index in [1.54, 1.807) is 0 Å². The molecule has 5 heterocycles. The summed E-state index contributed by atoms with van der Waals surface area (Å²) in [6, 6.07) is 4.73. The number of rotatable bonds is 13. The Balaban J connectivity index is 1.36. The van der Waals surface area contributed by atoms with E-state index in [0.29, 0.717) is 5.57 Å². The summed E-state index contributed by atoms with van der Waals surface area (Å²) in [6.07, 6.45) is 4.78. The number of oxime groups is 1. The van der Waals surface area contributed by atoms with Crippen molar-refractivity contribution in [2.24, 2.45) is 5.16 Å². The summed E-state index contributed by atoms with van der Waals surface area (Å²) < 4.78 is 4.05. The molecule has 2 aliphatic heterocycles. The molecule has 44 heavy (non-hydrogen) atoms. The number of carboxylic acid groups (broad SMARTS) is 2. The lowest BCUT2D eigenvalue weighted by Gasteiger charge is -2.50. The normalized spacial score (nSPS) is 18.3. The van der Waals surface area contributed by atoms with Crippen LogP contribution in [-0.4, -0.2) is 86.4 Å². The first-order valence-corrected chi connectivity index (χ1v) is 15.5. The van der Waals surface area contributed by atoms with E-state index in [2.05, 4.69) is 25.3 Å². The summed E-state index contributed by atoms with van der Waals surface area (Å²) in [4.78, 5) is 59.5. The minimum atomic E-state index is -1.50. The van der Waals surface area contributed by atoms with Crippen molar-refractivity contribution in [2.45, 2.75) is 30.9 Å². The number of thioether (sulfide) groups is 1. The number of fused-ring (bicyclic) bond motifs is 2. The van der Waals surface area contributed by atoms with E-state index >= 15 is 0 Å². The SMILES string of the molecule is CNCCCn1ccc2c1ccc[n+]2CC1=C(C(=O)[O-])N2C(=O)C(NC(=O)/C(=N\OCC(=O)O)c3nc(N)sc3Cl)C2SC1. The Hall–Kier alpha value is -4.19. The van der Waals surface area contributed by atoms with E-state index in [-0.39, 0.29) is 33.2 Å². The van der Waals surface area contributed by atoms with Crippen molar-refractivity contribution in [1.82, 2.24) is 25.1 Å². The molecule has 2 atom stereocenters. The predicted octanol–water partition coefficient (Wildman–Crippen LogP) is -0.860. The third-order valence-corrected chi connectivity index (χ3v) is 9.34. The molecule has 1 saturated heterocycles. The van der Waals surface area contributed by atoms with Crippen LogP contribution >= 0.6 is 34.7 Å². The second-order valence-corrected chi connectivity index (χ2v) is 12.5. The quantitative estimate of drug-likeness (QED) is 0.0582. The van der Waals surface area contributed by atoms with Crippen molar-refractivity contribution in [3.8, 4) is 0 Å². The van der Waals surface area contributed by atoms with E-state index in [4.69, 9.17) is 27.3 Å². The Labute approximate surface area is 263 Å². The van der Waals surface area contributed by atoms with Gasteiger partial charge in [-0.05, 0) is 26.1 Å². The maximum absolute atomic E-state index is 13.3. The third-order valence-electron chi connectivity index (χ3n) is 6.91. The molecule has 2 aliphatic rings. The predicted molar refractivity (Wildman–Crippen MR) is 159 cm³/mol. The minimum absolute atomic E-state index is 0.00317. The van der Waals surface area contributed by atoms with E-state index < -0.39 is 47.5 Å². The molecule has 15 nitrogen and oxygen atoms in total. The van der Waals surface area contributed by atoms with Gasteiger partial charge in [-0.25, -0.2) is 9.78 Å². The molecular formula is C26H27ClN8O7S2. The first-order chi connectivity index (χ1) is 21.1. The maximum Gasteiger partial charge on any atom is 0.344 e. The zero-order valence-corrected chi connectivity index (χ0v) is 25.6. The summed E-state index contributed by atoms with van der Waals surface area (Å²) in [7, 11) is 1.90. The lowest BCUT2D eigenvalue weighted by molar-refractivity contribution is -0.663. The number of nitrogen functional groups attached to an aromatic ring is 1. The number of anilines is 1. The molecule has 5 N–H and O–H groups in total. The zero-order valence-electron chi connectivity index (χ0n) is 23.2. The van der Waals surface area contributed by atoms with Crippen LogP contribution in [0.5, 0.6) is 0 Å². The van der Waals surface area contributed by atoms with Crippen LogP contribution in [-0.2, 0) is 37.1 Å². The van der Waals surface area contributed by atoms with Crippen LogP contribution in [0.2, 0.25) is 4.34 Å². The summed E-state index contributed by atoms with van der Waals surface area (Å²) in [5.41, 5.74) is 7.18. The van der Waals surface area contributed by atoms with Crippen LogP contribution in [0.15, 0.2) is 47.0 Å². The van der Waals surface area contributed by atoms with Crippen LogP contribution in [0.1, 0.15) is 12.1 Å². The number of hydrogen-bond donors (Lipinski definition) is 4. The molecule has 2 unspecified atom stereocenters. The van der Waals surface area contributed by atoms with Crippen LogP contribution < -0.4 is 26.0 Å². The van der Waals surface area contributed by atoms with E-state index in [1.165, 1.54) is 11.8 Å². The average Bonchev–Trinajstić information content (AvgIpc) is 3.55. The summed E-state index contributed by atoms with van der Waals surface area (Å²) >= 11 is 8.27. The summed E-state index contributed by atoms with van der Waals surface area (Å²) in [5, 5.41) is 29.7. The fraction of sp³-hybridized carbons (Fsp3) is 0.346. The van der Waals surface area contributed by atoms with Crippen molar-refractivity contribution in [3.63, 3.8) is 0 Å². The Morgan fingerprint density at radius 1 is 1.36 bits per heavy atom. The fourth-order valence-electron chi connectivity index (χ4n) is 4.99. The molecule has 1 fully saturated rings. The van der Waals surface area contributed by atoms with E-state index in [1.807, 2.05) is 42.2 Å². The summed E-state index contributed by atoms with van der Waals surface area (Å²) in [6.45, 7) is 1.05. The molecule has 3 aromatic rings. The molecule has 5 rings (SSSR count). The van der Waals surface area contributed by atoms with Gasteiger partial charge in [-0.1, -0.05) is 28.1 Å². The first kappa shape index (κ1) is 31.2. The monoisotopic (exact) mass is 662 g/mol. The van der Waals surface area contributed by atoms with Gasteiger partial charge in [0.2, 0.25) is 12.1 Å². The molecule has 0 saturated carbocycles. The number of nitrogens with one attached hydrogen (secondary N) is 2. The van der Waals surface area contributed by atoms with Crippen molar-refractivity contribution in [1.29, 1.82) is 0 Å². The fourth-order valence-corrected chi connectivity index (χ4v) is 7.25. The van der Waals surface area contributed by atoms with Gasteiger partial charge in [0.05, 0.1) is 11.7 Å². The van der Waals surface area contributed by atoms with Gasteiger partial charge >= 0.3 is 5.97 Å². The van der Waals surface area contributed by atoms with Gasteiger partial charge in [0, 0.05) is 36.2 Å². The largest absolute Gasteiger partial charge is 0.543 e. The number of nitrogens with two attached hydrogens (primary N) is 1. The van der Waals surface area contributed by atoms with Gasteiger partial charge in [0.25, 0.3) is 11.8 Å². The van der Waals surface area contributed by atoms with Crippen LogP contribution in [0.3, 0.4) is 0 Å². The Kier molecular flexibility index (Phi) is 9.38. The number of amides is 2. The van der Waals surface area contributed by atoms with Crippen molar-refractivity contribution in [2.75, 3.05) is 31.7 Å². The molecule has 0 radical (unpaired) electrons. The number of nitrogens with zero attached hydrogens (tertiary/aromatic N) is 5. The standard InChI is InChI=1S/C26H27ClN8O7S2/c1-29-6-3-8-33-9-5-15-14(33)4-2-7-34(15)10-13-12-43-24-19(23(39)35(24)20(13)25(40)41)30-22(38)18(32-42-11-16(36)37)17-21(27)44-26(28)31-17/h2,4-5,7,9,19,24,29H,3,6,8,10-12H2,1H3,(H4-,28,30,31,36,37,38,40,41)/b32-18-. The Morgan fingerprint density at radius 2 is 2.16 bits per heavy atom. The van der Waals surface area contributed by atoms with Crippen LogP contribution in [0, 0.1) is 0 Å². The number of carbonyl (C=O) groups excluding carboxylic acids is 3. The van der Waals surface area contributed by atoms with Crippen molar-refractivity contribution < 1.29 is 38.8 Å². The average molecular weight is 663 g/mol. The van der Waals surface area contributed by atoms with Crippen LogP contribution in [0.4, 0.5) is 5.13 Å². The number of aromatic nitrogens is 3. The number of aryl methyl sites for hydroxylation is 1. The minimum Gasteiger partial charge on any atom is -0.543 e. The van der Waals surface area contributed by atoms with Gasteiger partial charge < -0.3 is 40.8 Å². The van der Waals surface area contributed by atoms with Gasteiger partial charge in [0.1, 0.15) is 27.0 Å². The number of pyridine rings is 1. The Bertz CT molecular complexity index is 1700. The first-order valence-electron chi connectivity index (χ1n) is 13.3. The van der Waals surface area contributed by atoms with E-state index in [9.17, 15) is 24.3 Å². The highest BCUT2D eigenvalue weighted by molar-refractivity contribution is 8.00. The molecule has 2 amide bonds. The number of aliphatic carboxylic acids is 2. The smallest absolute Gasteiger partial charge is 0.344 e. The number of carbonyl (C=O) groups is 4. The molecular weight excluding hydrogens is 636 g/mol. The highest BCUT2D eigenvalue weighted by Gasteiger charge is 2.53. The number of carboxylic acids is 2. The number of hydrogen-bond acceptors (Lipinski definition) is 12. The number of β-lactam (4-membered cyclic amide) rings is 1. The third kappa shape index (κ3) is 6.21. The molecule has 0 spiro atoms. The molecule has 0 aromatic carbocycles. The van der Waals surface area contributed by atoms with Crippen molar-refractivity contribution in [3.05, 3.63) is 51.9 Å². The molecule has 18 heteroatoms. The van der Waals surface area contributed by atoms with Gasteiger partial charge in [-0.2, -0.15) is 4.57 Å². The topological polar surface area (TPSA) is 208 Å². The second kappa shape index (κ2) is 13.2. The number of halogens is 1. The molecule has 0 bridgehead atoms. The molecule has 3 aromatic heterocycles. The highest BCUT2D eigenvalue weighted by Crippen LogP contribution is 2.40. The van der Waals surface area contributed by atoms with Gasteiger partial charge in [0.15, 0.2) is 23.6 Å². The second-order valence-electron chi connectivity index (χ2n) is 9.75. The maximum atomic E-state index is 13.3. The molecule has 232 valence electrons. The number of thiazole rings is 1. The highest BCUT2D eigenvalue weighted by atomic mass is 35.5. The van der Waals surface area contributed by atoms with Crippen LogP contribution in [0.25, 0.3) is 11.0 Å². The van der Waals surface area contributed by atoms with Crippen molar-refractivity contribution >= 4 is 80.3 Å². The summed E-state index contributed by atoms with van der Waals surface area (Å²) in [5.74, 6) is -4.19. The van der Waals surface area contributed by atoms with Gasteiger partial charge in [-0.3, -0.25) is 14.5 Å².